The van der Waals surface area contributed by atoms with Gasteiger partial charge in [0.1, 0.15) is 12.4 Å². The molecule has 0 saturated carbocycles. The lowest BCUT2D eigenvalue weighted by Crippen LogP contribution is -2.10. The van der Waals surface area contributed by atoms with Crippen LogP contribution in [0.15, 0.2) is 128 Å². The molecule has 4 aromatic rings. The molecular weight excluding hydrogens is 450 g/mol. The molecule has 4 aromatic carbocycles. The van der Waals surface area contributed by atoms with Gasteiger partial charge in [-0.2, -0.15) is 0 Å². The summed E-state index contributed by atoms with van der Waals surface area (Å²) in [6.45, 7) is 7.01. The number of hydrogen-bond donors (Lipinski definition) is 0. The van der Waals surface area contributed by atoms with E-state index in [0.29, 0.717) is 5.75 Å². The van der Waals surface area contributed by atoms with Gasteiger partial charge in [-0.25, -0.2) is 9.59 Å². The summed E-state index contributed by atoms with van der Waals surface area (Å²) in [5, 5.41) is 0. The molecule has 0 heterocycles. The molecule has 0 unspecified atom stereocenters. The van der Waals surface area contributed by atoms with E-state index in [0.717, 1.165) is 45.9 Å². The largest absolute Gasteiger partial charge is 0.458 e. The Balaban J connectivity index is 1.66. The van der Waals surface area contributed by atoms with Gasteiger partial charge >= 0.3 is 11.9 Å². The molecule has 0 atom stereocenters. The van der Waals surface area contributed by atoms with Crippen molar-refractivity contribution < 1.29 is 19.1 Å². The maximum Gasteiger partial charge on any atom is 0.335 e. The predicted octanol–water partition coefficient (Wildman–Crippen LogP) is 7.14. The minimum absolute atomic E-state index is 0.167. The molecule has 0 aliphatic heterocycles. The van der Waals surface area contributed by atoms with E-state index >= 15 is 0 Å². The minimum Gasteiger partial charge on any atom is -0.458 e. The summed E-state index contributed by atoms with van der Waals surface area (Å²) >= 11 is 0. The van der Waals surface area contributed by atoms with Crippen LogP contribution in [0.3, 0.4) is 0 Å². The highest BCUT2D eigenvalue weighted by Crippen LogP contribution is 2.36. The van der Waals surface area contributed by atoms with E-state index in [-0.39, 0.29) is 6.61 Å². The summed E-state index contributed by atoms with van der Waals surface area (Å²) in [5.41, 5.74) is 5.87. The normalized spacial score (nSPS) is 10.2. The standard InChI is InChI=1S/C31H25NO4/c1-3-30(33)35-22-23-10-14-26(15-11-23)32(28-18-20-29(21-19-28)36-31(34)4-2)27-16-12-25(13-17-27)24-8-6-5-7-9-24/h3-21H,1-2,22H2. The molecule has 36 heavy (non-hydrogen) atoms. The molecule has 0 bridgehead atoms. The quantitative estimate of drug-likeness (QED) is 0.146. The van der Waals surface area contributed by atoms with Crippen molar-refractivity contribution in [1.82, 2.24) is 0 Å². The molecule has 0 fully saturated rings. The van der Waals surface area contributed by atoms with Gasteiger partial charge in [0.25, 0.3) is 0 Å². The van der Waals surface area contributed by atoms with Crippen LogP contribution in [0.5, 0.6) is 5.75 Å². The summed E-state index contributed by atoms with van der Waals surface area (Å²) in [6, 6.07) is 33.5. The Morgan fingerprint density at radius 1 is 0.639 bits per heavy atom. The third-order valence-electron chi connectivity index (χ3n) is 5.45. The van der Waals surface area contributed by atoms with Crippen molar-refractivity contribution in [2.24, 2.45) is 0 Å². The molecule has 0 aliphatic rings. The first kappa shape index (κ1) is 24.2. The summed E-state index contributed by atoms with van der Waals surface area (Å²) in [7, 11) is 0. The van der Waals surface area contributed by atoms with Crippen molar-refractivity contribution in [3.8, 4) is 16.9 Å². The maximum absolute atomic E-state index is 11.6. The molecule has 5 heteroatoms. The second-order valence-electron chi connectivity index (χ2n) is 7.85. The van der Waals surface area contributed by atoms with Crippen LogP contribution in [0.2, 0.25) is 0 Å². The SMILES string of the molecule is C=CC(=O)OCc1ccc(N(c2ccc(OC(=O)C=C)cc2)c2ccc(-c3ccccc3)cc2)cc1. The average molecular weight is 476 g/mol. The zero-order chi connectivity index (χ0) is 25.3. The van der Waals surface area contributed by atoms with Crippen LogP contribution >= 0.6 is 0 Å². The number of rotatable bonds is 9. The number of anilines is 3. The molecule has 0 aliphatic carbocycles. The number of ether oxygens (including phenoxy) is 2. The fourth-order valence-corrected chi connectivity index (χ4v) is 3.66. The number of hydrogen-bond acceptors (Lipinski definition) is 5. The average Bonchev–Trinajstić information content (AvgIpc) is 2.94. The van der Waals surface area contributed by atoms with E-state index in [9.17, 15) is 9.59 Å². The molecule has 0 N–H and O–H groups in total. The number of carbonyl (C=O) groups is 2. The number of nitrogens with zero attached hydrogens (tertiary/aromatic N) is 1. The monoisotopic (exact) mass is 475 g/mol. The lowest BCUT2D eigenvalue weighted by atomic mass is 10.0. The Morgan fingerprint density at radius 3 is 1.69 bits per heavy atom. The number of benzene rings is 4. The van der Waals surface area contributed by atoms with Crippen LogP contribution in [0, 0.1) is 0 Å². The number of esters is 2. The maximum atomic E-state index is 11.6. The van der Waals surface area contributed by atoms with E-state index in [1.54, 1.807) is 12.1 Å². The van der Waals surface area contributed by atoms with Crippen LogP contribution in [-0.2, 0) is 20.9 Å². The fraction of sp³-hybridized carbons (Fsp3) is 0.0323. The summed E-state index contributed by atoms with van der Waals surface area (Å²) < 4.78 is 10.4. The van der Waals surface area contributed by atoms with Gasteiger partial charge in [-0.1, -0.05) is 67.8 Å². The topological polar surface area (TPSA) is 55.8 Å². The van der Waals surface area contributed by atoms with E-state index in [4.69, 9.17) is 9.47 Å². The smallest absolute Gasteiger partial charge is 0.335 e. The van der Waals surface area contributed by atoms with Crippen LogP contribution in [0.1, 0.15) is 5.56 Å². The van der Waals surface area contributed by atoms with Crippen LogP contribution in [0.4, 0.5) is 17.1 Å². The van der Waals surface area contributed by atoms with Crippen LogP contribution in [0.25, 0.3) is 11.1 Å². The summed E-state index contributed by atoms with van der Waals surface area (Å²) in [6.07, 6.45) is 2.27. The van der Waals surface area contributed by atoms with Gasteiger partial charge in [0.2, 0.25) is 0 Å². The molecule has 178 valence electrons. The van der Waals surface area contributed by atoms with Crippen molar-refractivity contribution in [3.05, 3.63) is 134 Å². The first-order valence-electron chi connectivity index (χ1n) is 11.4. The predicted molar refractivity (Wildman–Crippen MR) is 142 cm³/mol. The highest BCUT2D eigenvalue weighted by Gasteiger charge is 2.14. The highest BCUT2D eigenvalue weighted by molar-refractivity contribution is 5.84. The fourth-order valence-electron chi connectivity index (χ4n) is 3.66. The van der Waals surface area contributed by atoms with Gasteiger partial charge in [0.15, 0.2) is 0 Å². The first-order valence-corrected chi connectivity index (χ1v) is 11.4. The van der Waals surface area contributed by atoms with Gasteiger partial charge in [0, 0.05) is 29.2 Å². The van der Waals surface area contributed by atoms with E-state index in [2.05, 4.69) is 54.5 Å². The van der Waals surface area contributed by atoms with Crippen molar-refractivity contribution in [2.75, 3.05) is 4.90 Å². The Morgan fingerprint density at radius 2 is 1.14 bits per heavy atom. The third-order valence-corrected chi connectivity index (χ3v) is 5.45. The second kappa shape index (κ2) is 11.5. The summed E-state index contributed by atoms with van der Waals surface area (Å²) in [4.78, 5) is 25.0. The van der Waals surface area contributed by atoms with Gasteiger partial charge < -0.3 is 14.4 Å². The Bertz CT molecular complexity index is 1340. The molecule has 0 aromatic heterocycles. The molecule has 0 spiro atoms. The second-order valence-corrected chi connectivity index (χ2v) is 7.85. The molecule has 0 amide bonds. The zero-order valence-corrected chi connectivity index (χ0v) is 19.7. The highest BCUT2D eigenvalue weighted by atomic mass is 16.5. The van der Waals surface area contributed by atoms with Crippen molar-refractivity contribution >= 4 is 29.0 Å². The Kier molecular flexibility index (Phi) is 7.73. The van der Waals surface area contributed by atoms with Crippen LogP contribution in [-0.4, -0.2) is 11.9 Å². The lowest BCUT2D eigenvalue weighted by Gasteiger charge is -2.26. The molecule has 4 rings (SSSR count). The van der Waals surface area contributed by atoms with Crippen molar-refractivity contribution in [3.63, 3.8) is 0 Å². The van der Waals surface area contributed by atoms with Crippen LogP contribution < -0.4 is 9.64 Å². The lowest BCUT2D eigenvalue weighted by molar-refractivity contribution is -0.139. The van der Waals surface area contributed by atoms with Crippen molar-refractivity contribution in [2.45, 2.75) is 6.61 Å². The van der Waals surface area contributed by atoms with Gasteiger partial charge in [0.05, 0.1) is 0 Å². The van der Waals surface area contributed by atoms with E-state index in [1.165, 1.54) is 0 Å². The zero-order valence-electron chi connectivity index (χ0n) is 19.7. The molecule has 5 nitrogen and oxygen atoms in total. The first-order chi connectivity index (χ1) is 17.6. The molecule has 0 saturated heterocycles. The third kappa shape index (κ3) is 5.96. The Hall–Kier alpha value is -4.90. The van der Waals surface area contributed by atoms with Crippen molar-refractivity contribution in [1.29, 1.82) is 0 Å². The molecular formula is C31H25NO4. The van der Waals surface area contributed by atoms with Gasteiger partial charge in [-0.15, -0.1) is 0 Å². The Labute approximate surface area is 210 Å². The van der Waals surface area contributed by atoms with Gasteiger partial charge in [-0.3, -0.25) is 0 Å². The number of carbonyl (C=O) groups excluding carboxylic acids is 2. The van der Waals surface area contributed by atoms with E-state index < -0.39 is 11.9 Å². The van der Waals surface area contributed by atoms with Gasteiger partial charge in [-0.05, 0) is 65.2 Å². The minimum atomic E-state index is -0.510. The van der Waals surface area contributed by atoms with E-state index in [1.807, 2.05) is 54.6 Å². The summed E-state index contributed by atoms with van der Waals surface area (Å²) in [5.74, 6) is -0.539. The molecule has 0 radical (unpaired) electrons.